The first-order valence-electron chi connectivity index (χ1n) is 4.12. The summed E-state index contributed by atoms with van der Waals surface area (Å²) < 4.78 is 0.518. The molecule has 66 valence electrons. The van der Waals surface area contributed by atoms with Gasteiger partial charge in [0.25, 0.3) is 0 Å². The standard InChI is InChI=1S/C8H15NS2.Zn/c1-6-2-4-7(5-3-6)9-8(10)11;/h6-7H,2-5H2,1H3,(H2,9,10,11);/p-1. The molecule has 0 heterocycles. The molecule has 0 radical (unpaired) electrons. The zero-order valence-corrected chi connectivity index (χ0v) is 12.2. The van der Waals surface area contributed by atoms with Crippen LogP contribution in [0.4, 0.5) is 0 Å². The molecule has 0 amide bonds. The molecule has 1 aliphatic rings. The largest absolute Gasteiger partial charge is 0.667 e. The number of thiocarbonyl (C=S) groups is 1. The smallest absolute Gasteiger partial charge is 0 e. The summed E-state index contributed by atoms with van der Waals surface area (Å²) >= 11 is 8.80. The molecule has 12 heavy (non-hydrogen) atoms. The van der Waals surface area contributed by atoms with E-state index in [4.69, 9.17) is 12.2 Å². The molecule has 0 N–H and O–H groups in total. The second-order valence-electron chi connectivity index (χ2n) is 3.33. The first kappa shape index (κ1) is 12.9. The molecule has 1 saturated carbocycles. The molecule has 0 saturated heterocycles. The molecule has 0 spiro atoms. The second kappa shape index (κ2) is 6.34. The molecule has 0 aromatic carbocycles. The van der Waals surface area contributed by atoms with Crippen LogP contribution in [-0.4, -0.2) is 10.4 Å². The van der Waals surface area contributed by atoms with E-state index in [1.54, 1.807) is 0 Å². The molecule has 4 heteroatoms. The van der Waals surface area contributed by atoms with Crippen LogP contribution in [0.5, 0.6) is 0 Å². The summed E-state index contributed by atoms with van der Waals surface area (Å²) in [5.41, 5.74) is 0. The van der Waals surface area contributed by atoms with Crippen molar-refractivity contribution in [3.63, 3.8) is 0 Å². The molecule has 0 atom stereocenters. The second-order valence-corrected chi connectivity index (χ2v) is 4.44. The Hall–Kier alpha value is 0.863. The third-order valence-corrected chi connectivity index (χ3v) is 2.50. The van der Waals surface area contributed by atoms with Gasteiger partial charge in [-0.3, -0.25) is 0 Å². The van der Waals surface area contributed by atoms with Gasteiger partial charge >= 0.3 is 0 Å². The van der Waals surface area contributed by atoms with E-state index in [0.717, 1.165) is 5.92 Å². The molecule has 1 rings (SSSR count). The molecular formula is C8H14NS2Zn-. The fourth-order valence-corrected chi connectivity index (χ4v) is 1.84. The molecule has 0 aromatic rings. The van der Waals surface area contributed by atoms with Crippen LogP contribution in [0.1, 0.15) is 32.6 Å². The Kier molecular flexibility index (Phi) is 6.79. The first-order valence-corrected chi connectivity index (χ1v) is 4.98. The average molecular weight is 254 g/mol. The molecular weight excluding hydrogens is 240 g/mol. The molecule has 0 aliphatic heterocycles. The van der Waals surface area contributed by atoms with Crippen molar-refractivity contribution < 1.29 is 19.5 Å². The number of thiol groups is 1. The Bertz CT molecular complexity index is 144. The van der Waals surface area contributed by atoms with Crippen LogP contribution in [0.15, 0.2) is 0 Å². The molecule has 0 unspecified atom stereocenters. The van der Waals surface area contributed by atoms with Gasteiger partial charge < -0.3 is 5.32 Å². The van der Waals surface area contributed by atoms with Crippen LogP contribution in [-0.2, 0) is 19.5 Å². The van der Waals surface area contributed by atoms with Gasteiger partial charge in [-0.15, -0.1) is 6.04 Å². The Labute approximate surface area is 98.2 Å². The Morgan fingerprint density at radius 2 is 1.83 bits per heavy atom. The minimum absolute atomic E-state index is 0. The molecule has 0 bridgehead atoms. The minimum Gasteiger partial charge on any atom is -0.667 e. The van der Waals surface area contributed by atoms with Gasteiger partial charge in [-0.25, -0.2) is 0 Å². The van der Waals surface area contributed by atoms with E-state index in [1.165, 1.54) is 25.7 Å². The van der Waals surface area contributed by atoms with Crippen LogP contribution in [0.3, 0.4) is 0 Å². The van der Waals surface area contributed by atoms with Gasteiger partial charge in [-0.1, -0.05) is 44.8 Å². The maximum Gasteiger partial charge on any atom is 0 e. The zero-order chi connectivity index (χ0) is 8.27. The first-order chi connectivity index (χ1) is 5.18. The van der Waals surface area contributed by atoms with E-state index >= 15 is 0 Å². The summed E-state index contributed by atoms with van der Waals surface area (Å²) in [7, 11) is 0. The monoisotopic (exact) mass is 252 g/mol. The third kappa shape index (κ3) is 4.78. The average Bonchev–Trinajstić information content (AvgIpc) is 1.93. The predicted molar refractivity (Wildman–Crippen MR) is 56.4 cm³/mol. The third-order valence-electron chi connectivity index (χ3n) is 2.28. The van der Waals surface area contributed by atoms with Crippen LogP contribution in [0.2, 0.25) is 0 Å². The molecule has 0 aromatic heterocycles. The SMILES string of the molecule is CC1CCC([N-]C(=S)S)CC1.[Zn]. The van der Waals surface area contributed by atoms with Gasteiger partial charge in [0.15, 0.2) is 0 Å². The van der Waals surface area contributed by atoms with E-state index in [9.17, 15) is 0 Å². The summed E-state index contributed by atoms with van der Waals surface area (Å²) in [4.78, 5) is 0. The van der Waals surface area contributed by atoms with E-state index in [0.29, 0.717) is 10.4 Å². The van der Waals surface area contributed by atoms with Crippen LogP contribution in [0, 0.1) is 5.92 Å². The minimum atomic E-state index is 0. The van der Waals surface area contributed by atoms with Crippen molar-refractivity contribution in [3.05, 3.63) is 5.32 Å². The van der Waals surface area contributed by atoms with Crippen molar-refractivity contribution in [2.45, 2.75) is 38.6 Å². The van der Waals surface area contributed by atoms with Crippen molar-refractivity contribution >= 4 is 29.2 Å². The number of hydrogen-bond acceptors (Lipinski definition) is 1. The summed E-state index contributed by atoms with van der Waals surface area (Å²) in [5, 5.41) is 4.27. The predicted octanol–water partition coefficient (Wildman–Crippen LogP) is 3.15. The Balaban J connectivity index is 0.00000121. The van der Waals surface area contributed by atoms with Gasteiger partial charge in [0.2, 0.25) is 0 Å². The summed E-state index contributed by atoms with van der Waals surface area (Å²) in [6, 6.07) is 0.469. The van der Waals surface area contributed by atoms with Crippen molar-refractivity contribution in [2.75, 3.05) is 0 Å². The van der Waals surface area contributed by atoms with Crippen molar-refractivity contribution in [1.82, 2.24) is 0 Å². The van der Waals surface area contributed by atoms with Crippen molar-refractivity contribution in [3.8, 4) is 0 Å². The normalized spacial score (nSPS) is 28.8. The quantitative estimate of drug-likeness (QED) is 0.431. The Morgan fingerprint density at radius 1 is 1.33 bits per heavy atom. The van der Waals surface area contributed by atoms with E-state index in [2.05, 4.69) is 24.9 Å². The number of rotatable bonds is 1. The molecule has 1 nitrogen and oxygen atoms in total. The summed E-state index contributed by atoms with van der Waals surface area (Å²) in [6.07, 6.45) is 4.98. The van der Waals surface area contributed by atoms with Crippen molar-refractivity contribution in [1.29, 1.82) is 0 Å². The van der Waals surface area contributed by atoms with E-state index in [1.807, 2.05) is 0 Å². The fraction of sp³-hybridized carbons (Fsp3) is 0.875. The zero-order valence-electron chi connectivity index (χ0n) is 7.49. The van der Waals surface area contributed by atoms with Gasteiger partial charge in [0.1, 0.15) is 0 Å². The fourth-order valence-electron chi connectivity index (χ4n) is 1.53. The van der Waals surface area contributed by atoms with Crippen LogP contribution < -0.4 is 0 Å². The van der Waals surface area contributed by atoms with E-state index in [-0.39, 0.29) is 19.5 Å². The van der Waals surface area contributed by atoms with Crippen molar-refractivity contribution in [2.24, 2.45) is 5.92 Å². The van der Waals surface area contributed by atoms with Gasteiger partial charge in [0.05, 0.1) is 0 Å². The van der Waals surface area contributed by atoms with Crippen LogP contribution in [0.25, 0.3) is 5.32 Å². The van der Waals surface area contributed by atoms with Crippen LogP contribution >= 0.6 is 24.8 Å². The molecule has 1 fully saturated rings. The number of nitrogens with zero attached hydrogens (tertiary/aromatic N) is 1. The van der Waals surface area contributed by atoms with E-state index < -0.39 is 0 Å². The topological polar surface area (TPSA) is 14.1 Å². The summed E-state index contributed by atoms with van der Waals surface area (Å²) in [6.45, 7) is 2.30. The number of hydrogen-bond donors (Lipinski definition) is 1. The maximum atomic E-state index is 4.80. The summed E-state index contributed by atoms with van der Waals surface area (Å²) in [5.74, 6) is 0.884. The Morgan fingerprint density at radius 3 is 2.25 bits per heavy atom. The van der Waals surface area contributed by atoms with Gasteiger partial charge in [-0.05, 0) is 10.2 Å². The van der Waals surface area contributed by atoms with Gasteiger partial charge in [0, 0.05) is 19.5 Å². The molecule has 1 aliphatic carbocycles. The maximum absolute atomic E-state index is 4.80. The van der Waals surface area contributed by atoms with Gasteiger partial charge in [-0.2, -0.15) is 12.6 Å².